The van der Waals surface area contributed by atoms with Gasteiger partial charge in [-0.3, -0.25) is 0 Å². The van der Waals surface area contributed by atoms with Crippen molar-refractivity contribution in [1.29, 1.82) is 0 Å². The first-order valence-electron chi connectivity index (χ1n) is 5.96. The number of allylic oxidation sites excluding steroid dienone is 1. The molecule has 0 unspecified atom stereocenters. The van der Waals surface area contributed by atoms with Crippen LogP contribution in [0.25, 0.3) is 0 Å². The molecular weight excluding hydrogens is 180 g/mol. The van der Waals surface area contributed by atoms with Gasteiger partial charge in [-0.15, -0.1) is 5.73 Å². The Morgan fingerprint density at radius 2 is 1.93 bits per heavy atom. The molecule has 0 aliphatic heterocycles. The second kappa shape index (κ2) is 5.58. The number of aryl methyl sites for hydroxylation is 1. The lowest BCUT2D eigenvalue weighted by Crippen LogP contribution is -1.97. The molecule has 0 atom stereocenters. The van der Waals surface area contributed by atoms with E-state index in [9.17, 15) is 0 Å². The molecule has 1 rings (SSSR count). The zero-order valence-corrected chi connectivity index (χ0v) is 9.88. The van der Waals surface area contributed by atoms with Crippen LogP contribution in [-0.2, 0) is 6.42 Å². The maximum atomic E-state index is 7.78. The maximum absolute atomic E-state index is 7.78. The second-order valence-electron chi connectivity index (χ2n) is 4.75. The summed E-state index contributed by atoms with van der Waals surface area (Å²) in [7, 11) is 0. The van der Waals surface area contributed by atoms with Gasteiger partial charge >= 0.3 is 0 Å². The van der Waals surface area contributed by atoms with Crippen LogP contribution in [-0.4, -0.2) is 0 Å². The van der Waals surface area contributed by atoms with Crippen molar-refractivity contribution in [2.75, 3.05) is 0 Å². The van der Waals surface area contributed by atoms with Crippen LogP contribution >= 0.6 is 0 Å². The van der Waals surface area contributed by atoms with Gasteiger partial charge in [0.05, 0.1) is 1.37 Å². The summed E-state index contributed by atoms with van der Waals surface area (Å²) >= 11 is 0. The largest absolute Gasteiger partial charge is 0.129 e. The molecule has 0 aliphatic rings. The van der Waals surface area contributed by atoms with Crippen LogP contribution in [0.2, 0.25) is 0 Å². The smallest absolute Gasteiger partial charge is 0.0671 e. The molecule has 0 saturated carbocycles. The lowest BCUT2D eigenvalue weighted by Gasteiger charge is -2.08. The Morgan fingerprint density at radius 1 is 1.27 bits per heavy atom. The van der Waals surface area contributed by atoms with Gasteiger partial charge in [-0.2, -0.15) is 0 Å². The summed E-state index contributed by atoms with van der Waals surface area (Å²) in [5.41, 5.74) is 4.29. The topological polar surface area (TPSA) is 0 Å². The summed E-state index contributed by atoms with van der Waals surface area (Å²) in [6.07, 6.45) is 3.94. The first-order valence-corrected chi connectivity index (χ1v) is 5.46. The van der Waals surface area contributed by atoms with Crippen LogP contribution in [0.4, 0.5) is 0 Å². The molecule has 0 N–H and O–H groups in total. The highest BCUT2D eigenvalue weighted by molar-refractivity contribution is 5.15. The minimum atomic E-state index is -0.0940. The fraction of sp³-hybridized carbons (Fsp3) is 0.400. The van der Waals surface area contributed by atoms with Gasteiger partial charge in [-0.1, -0.05) is 51.1 Å². The Balaban J connectivity index is 2.50. The van der Waals surface area contributed by atoms with E-state index in [0.29, 0.717) is 6.05 Å². The third-order valence-corrected chi connectivity index (χ3v) is 1.97. The molecule has 0 aromatic heterocycles. The Kier molecular flexibility index (Phi) is 3.82. The summed E-state index contributed by atoms with van der Waals surface area (Å²) in [4.78, 5) is 0. The van der Waals surface area contributed by atoms with Crippen molar-refractivity contribution in [2.45, 2.75) is 33.6 Å². The fourth-order valence-corrected chi connectivity index (χ4v) is 1.22. The van der Waals surface area contributed by atoms with Gasteiger partial charge < -0.3 is 0 Å². The Labute approximate surface area is 94.7 Å². The summed E-state index contributed by atoms with van der Waals surface area (Å²) in [5.74, 6) is 0. The van der Waals surface area contributed by atoms with Gasteiger partial charge in [-0.05, 0) is 35.9 Å². The first kappa shape index (κ1) is 10.3. The van der Waals surface area contributed by atoms with Gasteiger partial charge in [0.25, 0.3) is 0 Å². The fourth-order valence-electron chi connectivity index (χ4n) is 1.22. The summed E-state index contributed by atoms with van der Waals surface area (Å²) in [6, 6.07) is 11.0. The van der Waals surface area contributed by atoms with Crippen LogP contribution in [0, 0.1) is 5.41 Å². The zero-order chi connectivity index (χ0) is 12.0. The molecule has 0 fully saturated rings. The predicted octanol–water partition coefficient (Wildman–Crippen LogP) is 4.38. The van der Waals surface area contributed by atoms with Gasteiger partial charge in [0.2, 0.25) is 0 Å². The van der Waals surface area contributed by atoms with E-state index in [2.05, 4.69) is 30.0 Å². The van der Waals surface area contributed by atoms with E-state index in [-0.39, 0.29) is 5.41 Å². The molecule has 1 aromatic carbocycles. The molecule has 1 aromatic rings. The number of hydrogen-bond donors (Lipinski definition) is 0. The molecule has 15 heavy (non-hydrogen) atoms. The van der Waals surface area contributed by atoms with E-state index in [1.54, 1.807) is 0 Å². The van der Waals surface area contributed by atoms with Crippen molar-refractivity contribution in [3.05, 3.63) is 53.8 Å². The minimum Gasteiger partial charge on any atom is -0.129 e. The third-order valence-electron chi connectivity index (χ3n) is 1.97. The van der Waals surface area contributed by atoms with Gasteiger partial charge in [0.1, 0.15) is 0 Å². The Bertz CT molecular complexity index is 376. The molecule has 0 heterocycles. The highest BCUT2D eigenvalue weighted by Crippen LogP contribution is 2.13. The van der Waals surface area contributed by atoms with Crippen molar-refractivity contribution in [3.8, 4) is 0 Å². The van der Waals surface area contributed by atoms with Crippen molar-refractivity contribution < 1.29 is 1.37 Å². The monoisotopic (exact) mass is 201 g/mol. The molecule has 0 bridgehead atoms. The van der Waals surface area contributed by atoms with E-state index < -0.39 is 0 Å². The summed E-state index contributed by atoms with van der Waals surface area (Å²) < 4.78 is 7.78. The lowest BCUT2D eigenvalue weighted by molar-refractivity contribution is 0.545. The van der Waals surface area contributed by atoms with Crippen LogP contribution in [0.15, 0.2) is 48.2 Å². The quantitative estimate of drug-likeness (QED) is 0.637. The first-order chi connectivity index (χ1) is 7.50. The van der Waals surface area contributed by atoms with Crippen molar-refractivity contribution in [1.82, 2.24) is 0 Å². The molecule has 0 aliphatic carbocycles. The molecule has 0 saturated heterocycles. The van der Waals surface area contributed by atoms with Crippen LogP contribution < -0.4 is 0 Å². The van der Waals surface area contributed by atoms with E-state index in [4.69, 9.17) is 1.37 Å². The zero-order valence-electron chi connectivity index (χ0n) is 10.9. The van der Waals surface area contributed by atoms with E-state index in [0.717, 1.165) is 12.8 Å². The maximum Gasteiger partial charge on any atom is 0.0671 e. The summed E-state index contributed by atoms with van der Waals surface area (Å²) in [6.45, 7) is 6.11. The second-order valence-corrected chi connectivity index (χ2v) is 4.75. The van der Waals surface area contributed by atoms with E-state index >= 15 is 0 Å². The number of rotatable bonds is 3. The normalized spacial score (nSPS) is 11.5. The van der Waals surface area contributed by atoms with Crippen LogP contribution in [0.3, 0.4) is 0 Å². The molecule has 0 heteroatoms. The standard InChI is InChI=1S/C15H20/c1-15(2,3)13-9-5-8-12-14-10-6-4-7-11-14/h4-7,10-11,13H,8,12H2,1-3H3/i13D. The molecule has 0 radical (unpaired) electrons. The average molecular weight is 201 g/mol. The molecular formula is C15H20. The Hall–Kier alpha value is -1.26. The van der Waals surface area contributed by atoms with Crippen molar-refractivity contribution in [3.63, 3.8) is 0 Å². The molecule has 0 amide bonds. The number of hydrogen-bond acceptors (Lipinski definition) is 0. The minimum absolute atomic E-state index is 0.0940. The molecule has 0 nitrogen and oxygen atoms in total. The van der Waals surface area contributed by atoms with Crippen LogP contribution in [0.1, 0.15) is 34.1 Å². The SMILES string of the molecule is [2H]C(=C=CCCc1ccccc1)C(C)(C)C. The van der Waals surface area contributed by atoms with Crippen LogP contribution in [0.5, 0.6) is 0 Å². The molecule has 80 valence electrons. The Morgan fingerprint density at radius 3 is 2.53 bits per heavy atom. The van der Waals surface area contributed by atoms with Crippen molar-refractivity contribution >= 4 is 0 Å². The van der Waals surface area contributed by atoms with Gasteiger partial charge in [0, 0.05) is 0 Å². The highest BCUT2D eigenvalue weighted by atomic mass is 14.1. The number of benzene rings is 1. The predicted molar refractivity (Wildman–Crippen MR) is 66.9 cm³/mol. The summed E-state index contributed by atoms with van der Waals surface area (Å²) in [5, 5.41) is 0. The lowest BCUT2D eigenvalue weighted by atomic mass is 9.97. The van der Waals surface area contributed by atoms with E-state index in [1.807, 2.05) is 32.9 Å². The highest BCUT2D eigenvalue weighted by Gasteiger charge is 2.01. The molecule has 0 spiro atoms. The average Bonchev–Trinajstić information content (AvgIpc) is 2.24. The van der Waals surface area contributed by atoms with Gasteiger partial charge in [-0.25, -0.2) is 0 Å². The van der Waals surface area contributed by atoms with Gasteiger partial charge in [0.15, 0.2) is 0 Å². The van der Waals surface area contributed by atoms with E-state index in [1.165, 1.54) is 5.56 Å². The van der Waals surface area contributed by atoms with Crippen molar-refractivity contribution in [2.24, 2.45) is 5.41 Å². The third kappa shape index (κ3) is 5.93.